The highest BCUT2D eigenvalue weighted by atomic mass is 16.3. The molecule has 0 radical (unpaired) electrons. The van der Waals surface area contributed by atoms with Gasteiger partial charge in [-0.3, -0.25) is 4.79 Å². The van der Waals surface area contributed by atoms with Crippen LogP contribution in [0.3, 0.4) is 0 Å². The smallest absolute Gasteiger partial charge is 0.236 e. The first-order valence-electron chi connectivity index (χ1n) is 4.97. The maximum Gasteiger partial charge on any atom is 0.236 e. The van der Waals surface area contributed by atoms with Gasteiger partial charge in [-0.2, -0.15) is 0 Å². The van der Waals surface area contributed by atoms with Crippen LogP contribution >= 0.6 is 0 Å². The van der Waals surface area contributed by atoms with Gasteiger partial charge in [0.15, 0.2) is 0 Å². The molecule has 2 unspecified atom stereocenters. The fourth-order valence-electron chi connectivity index (χ4n) is 1.62. The van der Waals surface area contributed by atoms with Crippen LogP contribution in [0.1, 0.15) is 20.3 Å². The molecule has 82 valence electrons. The SMILES string of the molecule is CN(C)C(=O)CNC1CC(O)C1(C)C. The minimum absolute atomic E-state index is 0.0715. The van der Waals surface area contributed by atoms with Gasteiger partial charge in [-0.05, 0) is 6.42 Å². The highest BCUT2D eigenvalue weighted by Gasteiger charge is 2.46. The fourth-order valence-corrected chi connectivity index (χ4v) is 1.62. The van der Waals surface area contributed by atoms with Crippen molar-refractivity contribution in [1.29, 1.82) is 0 Å². The van der Waals surface area contributed by atoms with Crippen LogP contribution in [-0.2, 0) is 4.79 Å². The number of aliphatic hydroxyl groups excluding tert-OH is 1. The molecule has 2 N–H and O–H groups in total. The monoisotopic (exact) mass is 200 g/mol. The minimum Gasteiger partial charge on any atom is -0.392 e. The number of hydrogen-bond acceptors (Lipinski definition) is 3. The largest absolute Gasteiger partial charge is 0.392 e. The molecule has 0 aromatic rings. The second-order valence-corrected chi connectivity index (χ2v) is 4.79. The Balaban J connectivity index is 2.31. The molecule has 4 nitrogen and oxygen atoms in total. The zero-order valence-electron chi connectivity index (χ0n) is 9.37. The predicted molar refractivity (Wildman–Crippen MR) is 54.9 cm³/mol. The molecule has 0 bridgehead atoms. The highest BCUT2D eigenvalue weighted by Crippen LogP contribution is 2.40. The Morgan fingerprint density at radius 3 is 2.50 bits per heavy atom. The second kappa shape index (κ2) is 3.87. The van der Waals surface area contributed by atoms with E-state index < -0.39 is 0 Å². The summed E-state index contributed by atoms with van der Waals surface area (Å²) in [4.78, 5) is 12.8. The molecular formula is C10H20N2O2. The normalized spacial score (nSPS) is 29.5. The summed E-state index contributed by atoms with van der Waals surface area (Å²) in [6.07, 6.45) is 0.503. The van der Waals surface area contributed by atoms with Crippen molar-refractivity contribution in [2.75, 3.05) is 20.6 Å². The van der Waals surface area contributed by atoms with E-state index in [9.17, 15) is 9.90 Å². The van der Waals surface area contributed by atoms with E-state index in [2.05, 4.69) is 5.32 Å². The van der Waals surface area contributed by atoms with Crippen LogP contribution < -0.4 is 5.32 Å². The van der Waals surface area contributed by atoms with Crippen LogP contribution in [0.15, 0.2) is 0 Å². The zero-order chi connectivity index (χ0) is 10.9. The minimum atomic E-state index is -0.241. The molecule has 0 aromatic heterocycles. The van der Waals surface area contributed by atoms with E-state index in [0.717, 1.165) is 6.42 Å². The van der Waals surface area contributed by atoms with Gasteiger partial charge in [-0.1, -0.05) is 13.8 Å². The van der Waals surface area contributed by atoms with Gasteiger partial charge in [-0.15, -0.1) is 0 Å². The van der Waals surface area contributed by atoms with E-state index in [1.165, 1.54) is 0 Å². The Morgan fingerprint density at radius 1 is 1.57 bits per heavy atom. The summed E-state index contributed by atoms with van der Waals surface area (Å²) in [5, 5.41) is 12.7. The van der Waals surface area contributed by atoms with Gasteiger partial charge in [0, 0.05) is 25.6 Å². The third-order valence-electron chi connectivity index (χ3n) is 3.21. The number of hydrogen-bond donors (Lipinski definition) is 2. The molecule has 1 aliphatic carbocycles. The van der Waals surface area contributed by atoms with E-state index in [-0.39, 0.29) is 23.5 Å². The third-order valence-corrected chi connectivity index (χ3v) is 3.21. The van der Waals surface area contributed by atoms with Crippen molar-refractivity contribution in [1.82, 2.24) is 10.2 Å². The van der Waals surface area contributed by atoms with Crippen molar-refractivity contribution in [2.24, 2.45) is 5.41 Å². The fraction of sp³-hybridized carbons (Fsp3) is 0.900. The van der Waals surface area contributed by atoms with E-state index in [1.807, 2.05) is 13.8 Å². The average molecular weight is 200 g/mol. The average Bonchev–Trinajstić information content (AvgIpc) is 2.11. The molecule has 1 aliphatic rings. The molecule has 0 aromatic carbocycles. The van der Waals surface area contributed by atoms with Crippen molar-refractivity contribution in [3.05, 3.63) is 0 Å². The lowest BCUT2D eigenvalue weighted by Gasteiger charge is -2.49. The molecule has 1 saturated carbocycles. The van der Waals surface area contributed by atoms with Gasteiger partial charge in [0.25, 0.3) is 0 Å². The van der Waals surface area contributed by atoms with E-state index >= 15 is 0 Å². The first kappa shape index (κ1) is 11.5. The second-order valence-electron chi connectivity index (χ2n) is 4.79. The lowest BCUT2D eigenvalue weighted by molar-refractivity contribution is -0.129. The number of aliphatic hydroxyl groups is 1. The molecule has 1 fully saturated rings. The lowest BCUT2D eigenvalue weighted by atomic mass is 9.64. The van der Waals surface area contributed by atoms with Crippen LogP contribution in [0.2, 0.25) is 0 Å². The number of likely N-dealkylation sites (N-methyl/N-ethyl adjacent to an activating group) is 1. The summed E-state index contributed by atoms with van der Waals surface area (Å²) in [6, 6.07) is 0.251. The molecule has 0 saturated heterocycles. The highest BCUT2D eigenvalue weighted by molar-refractivity contribution is 5.77. The Labute approximate surface area is 85.3 Å². The van der Waals surface area contributed by atoms with Gasteiger partial charge in [-0.25, -0.2) is 0 Å². The van der Waals surface area contributed by atoms with Crippen molar-refractivity contribution < 1.29 is 9.90 Å². The molecule has 14 heavy (non-hydrogen) atoms. The van der Waals surface area contributed by atoms with E-state index in [1.54, 1.807) is 19.0 Å². The molecular weight excluding hydrogens is 180 g/mol. The van der Waals surface area contributed by atoms with Crippen molar-refractivity contribution in [3.8, 4) is 0 Å². The molecule has 0 spiro atoms. The van der Waals surface area contributed by atoms with Crippen molar-refractivity contribution in [2.45, 2.75) is 32.4 Å². The van der Waals surface area contributed by atoms with Crippen LogP contribution in [-0.4, -0.2) is 48.7 Å². The summed E-state index contributed by atoms with van der Waals surface area (Å²) in [5.41, 5.74) is -0.105. The molecule has 1 rings (SSSR count). The summed E-state index contributed by atoms with van der Waals surface area (Å²) in [7, 11) is 3.48. The molecule has 2 atom stereocenters. The summed E-state index contributed by atoms with van der Waals surface area (Å²) >= 11 is 0. The number of carbonyl (C=O) groups excluding carboxylic acids is 1. The predicted octanol–water partition coefficient (Wildman–Crippen LogP) is -0.176. The summed E-state index contributed by atoms with van der Waals surface area (Å²) < 4.78 is 0. The summed E-state index contributed by atoms with van der Waals surface area (Å²) in [5.74, 6) is 0.0715. The van der Waals surface area contributed by atoms with Crippen molar-refractivity contribution in [3.63, 3.8) is 0 Å². The molecule has 0 aliphatic heterocycles. The van der Waals surface area contributed by atoms with Gasteiger partial charge < -0.3 is 15.3 Å². The third kappa shape index (κ3) is 2.07. The lowest BCUT2D eigenvalue weighted by Crippen LogP contribution is -2.61. The topological polar surface area (TPSA) is 52.6 Å². The van der Waals surface area contributed by atoms with Crippen molar-refractivity contribution >= 4 is 5.91 Å². The number of nitrogens with one attached hydrogen (secondary N) is 1. The standard InChI is InChI=1S/C10H20N2O2/c1-10(2)7(5-8(10)13)11-6-9(14)12(3)4/h7-8,11,13H,5-6H2,1-4H3. The number of rotatable bonds is 3. The van der Waals surface area contributed by atoms with Gasteiger partial charge in [0.05, 0.1) is 12.6 Å². The van der Waals surface area contributed by atoms with E-state index in [4.69, 9.17) is 0 Å². The van der Waals surface area contributed by atoms with E-state index in [0.29, 0.717) is 6.54 Å². The first-order chi connectivity index (χ1) is 6.35. The number of amides is 1. The van der Waals surface area contributed by atoms with Crippen LogP contribution in [0.25, 0.3) is 0 Å². The quantitative estimate of drug-likeness (QED) is 0.664. The van der Waals surface area contributed by atoms with Crippen LogP contribution in [0.4, 0.5) is 0 Å². The number of nitrogens with zero attached hydrogens (tertiary/aromatic N) is 1. The van der Waals surface area contributed by atoms with Gasteiger partial charge in [0.1, 0.15) is 0 Å². The zero-order valence-corrected chi connectivity index (χ0v) is 9.37. The van der Waals surface area contributed by atoms with Gasteiger partial charge >= 0.3 is 0 Å². The Kier molecular flexibility index (Phi) is 3.17. The molecule has 4 heteroatoms. The van der Waals surface area contributed by atoms with Crippen LogP contribution in [0, 0.1) is 5.41 Å². The van der Waals surface area contributed by atoms with Crippen LogP contribution in [0.5, 0.6) is 0 Å². The first-order valence-corrected chi connectivity index (χ1v) is 4.97. The molecule has 0 heterocycles. The molecule has 1 amide bonds. The van der Waals surface area contributed by atoms with Gasteiger partial charge in [0.2, 0.25) is 5.91 Å². The Morgan fingerprint density at radius 2 is 2.14 bits per heavy atom. The Bertz CT molecular complexity index is 226. The number of carbonyl (C=O) groups is 1. The maximum absolute atomic E-state index is 11.3. The Hall–Kier alpha value is -0.610. The summed E-state index contributed by atoms with van der Waals surface area (Å²) in [6.45, 7) is 4.38. The maximum atomic E-state index is 11.3.